The van der Waals surface area contributed by atoms with Crippen LogP contribution in [0.25, 0.3) is 0 Å². The lowest BCUT2D eigenvalue weighted by atomic mass is 10.1. The summed E-state index contributed by atoms with van der Waals surface area (Å²) in [6.45, 7) is 2.26. The molecule has 2 aromatic carbocycles. The van der Waals surface area contributed by atoms with Crippen LogP contribution in [-0.2, 0) is 6.61 Å². The number of rotatable bonds is 6. The predicted molar refractivity (Wildman–Crippen MR) is 96.7 cm³/mol. The Hall–Kier alpha value is -2.53. The lowest BCUT2D eigenvalue weighted by molar-refractivity contribution is 0.0749. The summed E-state index contributed by atoms with van der Waals surface area (Å²) in [7, 11) is 1.58. The van der Waals surface area contributed by atoms with Crippen molar-refractivity contribution in [1.29, 1.82) is 0 Å². The maximum atomic E-state index is 12.4. The van der Waals surface area contributed by atoms with Crippen LogP contribution in [0.3, 0.4) is 0 Å². The minimum Gasteiger partial charge on any atom is -0.493 e. The van der Waals surface area contributed by atoms with Crippen LogP contribution in [0, 0.1) is 0 Å². The summed E-state index contributed by atoms with van der Waals surface area (Å²) in [6.07, 6.45) is 3.47. The molecule has 1 N–H and O–H groups in total. The van der Waals surface area contributed by atoms with Crippen molar-refractivity contribution in [2.75, 3.05) is 20.2 Å². The topological polar surface area (TPSA) is 50.8 Å². The van der Waals surface area contributed by atoms with E-state index in [1.807, 2.05) is 35.3 Å². The lowest BCUT2D eigenvalue weighted by Crippen LogP contribution is -2.45. The number of carbonyl (C=O) groups excluding carboxylic acids is 1. The van der Waals surface area contributed by atoms with Gasteiger partial charge in [-0.2, -0.15) is 0 Å². The number of carbonyl (C=O) groups is 1. The second-order valence-corrected chi connectivity index (χ2v) is 6.13. The van der Waals surface area contributed by atoms with Gasteiger partial charge in [0.05, 0.1) is 7.11 Å². The minimum absolute atomic E-state index is 0.116. The first kappa shape index (κ1) is 17.3. The molecule has 5 nitrogen and oxygen atoms in total. The van der Waals surface area contributed by atoms with E-state index in [2.05, 4.69) is 5.43 Å². The third kappa shape index (κ3) is 4.73. The number of hydrogen-bond donors (Lipinski definition) is 1. The Balaban J connectivity index is 1.65. The fourth-order valence-corrected chi connectivity index (χ4v) is 2.88. The second kappa shape index (κ2) is 8.53. The third-order valence-corrected chi connectivity index (χ3v) is 4.28. The first-order chi connectivity index (χ1) is 12.3. The Labute approximate surface area is 148 Å². The van der Waals surface area contributed by atoms with Crippen LogP contribution in [0.4, 0.5) is 0 Å². The molecule has 2 aromatic rings. The number of benzene rings is 2. The molecule has 0 radical (unpaired) electrons. The predicted octanol–water partition coefficient (Wildman–Crippen LogP) is 3.40. The standard InChI is InChI=1S/C20H24N2O3/c1-24-19-14-17(20(23)21-22-12-6-3-7-13-22)10-11-18(19)25-15-16-8-4-2-5-9-16/h2,4-5,8-11,14H,3,6-7,12-13,15H2,1H3,(H,21,23). The van der Waals surface area contributed by atoms with Crippen molar-refractivity contribution >= 4 is 5.91 Å². The van der Waals surface area contributed by atoms with E-state index in [-0.39, 0.29) is 5.91 Å². The Kier molecular flexibility index (Phi) is 5.90. The summed E-state index contributed by atoms with van der Waals surface area (Å²) in [6, 6.07) is 15.2. The van der Waals surface area contributed by atoms with Gasteiger partial charge in [0.15, 0.2) is 11.5 Å². The van der Waals surface area contributed by atoms with Gasteiger partial charge in [-0.1, -0.05) is 36.8 Å². The van der Waals surface area contributed by atoms with Crippen molar-refractivity contribution < 1.29 is 14.3 Å². The van der Waals surface area contributed by atoms with Crippen molar-refractivity contribution in [1.82, 2.24) is 10.4 Å². The zero-order chi connectivity index (χ0) is 17.5. The first-order valence-electron chi connectivity index (χ1n) is 8.67. The second-order valence-electron chi connectivity index (χ2n) is 6.13. The number of ether oxygens (including phenoxy) is 2. The molecule has 3 rings (SSSR count). The number of amides is 1. The Morgan fingerprint density at radius 2 is 1.80 bits per heavy atom. The number of methoxy groups -OCH3 is 1. The zero-order valence-electron chi connectivity index (χ0n) is 14.5. The molecule has 25 heavy (non-hydrogen) atoms. The third-order valence-electron chi connectivity index (χ3n) is 4.28. The van der Waals surface area contributed by atoms with Crippen LogP contribution < -0.4 is 14.9 Å². The van der Waals surface area contributed by atoms with Crippen molar-refractivity contribution in [3.63, 3.8) is 0 Å². The summed E-state index contributed by atoms with van der Waals surface area (Å²) in [5.74, 6) is 1.07. The Morgan fingerprint density at radius 3 is 2.52 bits per heavy atom. The van der Waals surface area contributed by atoms with Gasteiger partial charge in [-0.05, 0) is 36.6 Å². The average molecular weight is 340 g/mol. The molecule has 132 valence electrons. The molecular weight excluding hydrogens is 316 g/mol. The maximum Gasteiger partial charge on any atom is 0.265 e. The molecule has 0 aromatic heterocycles. The molecule has 0 saturated carbocycles. The van der Waals surface area contributed by atoms with E-state index in [1.54, 1.807) is 25.3 Å². The van der Waals surface area contributed by atoms with E-state index < -0.39 is 0 Å². The molecule has 1 saturated heterocycles. The van der Waals surface area contributed by atoms with Gasteiger partial charge in [-0.3, -0.25) is 10.2 Å². The van der Waals surface area contributed by atoms with Gasteiger partial charge in [0.2, 0.25) is 0 Å². The highest BCUT2D eigenvalue weighted by Gasteiger charge is 2.16. The molecule has 0 unspecified atom stereocenters. The van der Waals surface area contributed by atoms with Gasteiger partial charge < -0.3 is 9.47 Å². The Morgan fingerprint density at radius 1 is 1.04 bits per heavy atom. The van der Waals surface area contributed by atoms with E-state index in [0.717, 1.165) is 31.5 Å². The zero-order valence-corrected chi connectivity index (χ0v) is 14.5. The Bertz CT molecular complexity index is 697. The number of hydrogen-bond acceptors (Lipinski definition) is 4. The first-order valence-corrected chi connectivity index (χ1v) is 8.67. The number of hydrazine groups is 1. The normalized spacial score (nSPS) is 14.8. The van der Waals surface area contributed by atoms with Crippen LogP contribution in [0.15, 0.2) is 48.5 Å². The fraction of sp³-hybridized carbons (Fsp3) is 0.350. The van der Waals surface area contributed by atoms with Gasteiger partial charge in [-0.15, -0.1) is 0 Å². The van der Waals surface area contributed by atoms with Crippen LogP contribution in [0.5, 0.6) is 11.5 Å². The molecule has 5 heteroatoms. The fourth-order valence-electron chi connectivity index (χ4n) is 2.88. The van der Waals surface area contributed by atoms with Crippen LogP contribution >= 0.6 is 0 Å². The van der Waals surface area contributed by atoms with Crippen molar-refractivity contribution in [2.45, 2.75) is 25.9 Å². The highest BCUT2D eigenvalue weighted by Crippen LogP contribution is 2.29. The van der Waals surface area contributed by atoms with Gasteiger partial charge in [-0.25, -0.2) is 5.01 Å². The molecule has 0 aliphatic carbocycles. The van der Waals surface area contributed by atoms with E-state index in [0.29, 0.717) is 23.7 Å². The highest BCUT2D eigenvalue weighted by atomic mass is 16.5. The smallest absolute Gasteiger partial charge is 0.265 e. The summed E-state index contributed by atoms with van der Waals surface area (Å²) in [4.78, 5) is 12.4. The summed E-state index contributed by atoms with van der Waals surface area (Å²) in [5.41, 5.74) is 4.61. The van der Waals surface area contributed by atoms with Gasteiger partial charge >= 0.3 is 0 Å². The monoisotopic (exact) mass is 340 g/mol. The molecule has 1 fully saturated rings. The largest absolute Gasteiger partial charge is 0.493 e. The van der Waals surface area contributed by atoms with Crippen molar-refractivity contribution in [2.24, 2.45) is 0 Å². The van der Waals surface area contributed by atoms with E-state index in [4.69, 9.17) is 9.47 Å². The number of piperidine rings is 1. The van der Waals surface area contributed by atoms with E-state index >= 15 is 0 Å². The van der Waals surface area contributed by atoms with E-state index in [1.165, 1.54) is 6.42 Å². The number of nitrogens with one attached hydrogen (secondary N) is 1. The minimum atomic E-state index is -0.116. The van der Waals surface area contributed by atoms with Crippen LogP contribution in [-0.4, -0.2) is 31.1 Å². The molecule has 0 spiro atoms. The molecule has 0 bridgehead atoms. The SMILES string of the molecule is COc1cc(C(=O)NN2CCCCC2)ccc1OCc1ccccc1. The van der Waals surface area contributed by atoms with E-state index in [9.17, 15) is 4.79 Å². The molecule has 1 heterocycles. The summed E-state index contributed by atoms with van der Waals surface area (Å²) >= 11 is 0. The quantitative estimate of drug-likeness (QED) is 0.876. The highest BCUT2D eigenvalue weighted by molar-refractivity contribution is 5.94. The molecular formula is C20H24N2O3. The van der Waals surface area contributed by atoms with Gasteiger partial charge in [0.25, 0.3) is 5.91 Å². The molecule has 1 amide bonds. The molecule has 1 aliphatic rings. The average Bonchev–Trinajstić information content (AvgIpc) is 2.67. The molecule has 1 aliphatic heterocycles. The van der Waals surface area contributed by atoms with Gasteiger partial charge in [0.1, 0.15) is 6.61 Å². The number of nitrogens with zero attached hydrogens (tertiary/aromatic N) is 1. The summed E-state index contributed by atoms with van der Waals surface area (Å²) < 4.78 is 11.2. The van der Waals surface area contributed by atoms with Crippen LogP contribution in [0.1, 0.15) is 35.2 Å². The molecule has 0 atom stereocenters. The maximum absolute atomic E-state index is 12.4. The van der Waals surface area contributed by atoms with Gasteiger partial charge in [0, 0.05) is 18.7 Å². The van der Waals surface area contributed by atoms with Crippen LogP contribution in [0.2, 0.25) is 0 Å². The van der Waals surface area contributed by atoms with Crippen molar-refractivity contribution in [3.05, 3.63) is 59.7 Å². The van der Waals surface area contributed by atoms with Crippen molar-refractivity contribution in [3.8, 4) is 11.5 Å². The lowest BCUT2D eigenvalue weighted by Gasteiger charge is -2.26. The summed E-state index contributed by atoms with van der Waals surface area (Å²) in [5, 5.41) is 1.98.